The first-order valence-electron chi connectivity index (χ1n) is 8.81. The van der Waals surface area contributed by atoms with Crippen LogP contribution in [0.2, 0.25) is 0 Å². The van der Waals surface area contributed by atoms with Crippen molar-refractivity contribution in [3.63, 3.8) is 0 Å². The molecule has 0 saturated heterocycles. The SMILES string of the molecule is COc1cccc(-c2nc3c(c(=O)[nH]2)CN(S(=O)(=O)c2ccccc2)CC3)c1. The Kier molecular flexibility index (Phi) is 4.74. The van der Waals surface area contributed by atoms with Crippen LogP contribution in [0.4, 0.5) is 0 Å². The van der Waals surface area contributed by atoms with Gasteiger partial charge in [0.1, 0.15) is 11.6 Å². The number of ether oxygens (including phenoxy) is 1. The zero-order chi connectivity index (χ0) is 19.7. The molecule has 0 fully saturated rings. The summed E-state index contributed by atoms with van der Waals surface area (Å²) in [5.41, 5.74) is 1.42. The quantitative estimate of drug-likeness (QED) is 0.729. The summed E-state index contributed by atoms with van der Waals surface area (Å²) >= 11 is 0. The summed E-state index contributed by atoms with van der Waals surface area (Å²) in [6, 6.07) is 15.5. The van der Waals surface area contributed by atoms with Crippen molar-refractivity contribution in [2.24, 2.45) is 0 Å². The topological polar surface area (TPSA) is 92.4 Å². The van der Waals surface area contributed by atoms with Crippen LogP contribution in [0.5, 0.6) is 5.75 Å². The molecule has 0 radical (unpaired) electrons. The van der Waals surface area contributed by atoms with Crippen LogP contribution in [-0.2, 0) is 23.0 Å². The van der Waals surface area contributed by atoms with Crippen molar-refractivity contribution in [3.05, 3.63) is 76.2 Å². The minimum absolute atomic E-state index is 0.00723. The largest absolute Gasteiger partial charge is 0.497 e. The molecule has 28 heavy (non-hydrogen) atoms. The van der Waals surface area contributed by atoms with Crippen molar-refractivity contribution in [3.8, 4) is 17.1 Å². The van der Waals surface area contributed by atoms with Crippen molar-refractivity contribution < 1.29 is 13.2 Å². The lowest BCUT2D eigenvalue weighted by molar-refractivity contribution is 0.385. The van der Waals surface area contributed by atoms with Crippen molar-refractivity contribution in [1.82, 2.24) is 14.3 Å². The maximum absolute atomic E-state index is 12.8. The van der Waals surface area contributed by atoms with Gasteiger partial charge in [-0.05, 0) is 24.3 Å². The molecule has 0 spiro atoms. The monoisotopic (exact) mass is 397 g/mol. The number of sulfonamides is 1. The maximum atomic E-state index is 12.8. The molecular formula is C20H19N3O4S. The van der Waals surface area contributed by atoms with Gasteiger partial charge in [-0.2, -0.15) is 4.31 Å². The van der Waals surface area contributed by atoms with Crippen LogP contribution >= 0.6 is 0 Å². The van der Waals surface area contributed by atoms with Gasteiger partial charge >= 0.3 is 0 Å². The predicted molar refractivity (Wildman–Crippen MR) is 105 cm³/mol. The number of aromatic nitrogens is 2. The number of fused-ring (bicyclic) bond motifs is 1. The molecule has 1 aliphatic heterocycles. The summed E-state index contributed by atoms with van der Waals surface area (Å²) in [4.78, 5) is 20.2. The molecule has 2 heterocycles. The first-order valence-corrected chi connectivity index (χ1v) is 10.2. The van der Waals surface area contributed by atoms with E-state index in [0.717, 1.165) is 5.56 Å². The van der Waals surface area contributed by atoms with Gasteiger partial charge in [0, 0.05) is 25.1 Å². The summed E-state index contributed by atoms with van der Waals surface area (Å²) in [6.07, 6.45) is 0.377. The number of hydrogen-bond donors (Lipinski definition) is 1. The highest BCUT2D eigenvalue weighted by atomic mass is 32.2. The second kappa shape index (κ2) is 7.21. The average Bonchev–Trinajstić information content (AvgIpc) is 2.74. The predicted octanol–water partition coefficient (Wildman–Crippen LogP) is 2.19. The number of hydrogen-bond acceptors (Lipinski definition) is 5. The van der Waals surface area contributed by atoms with E-state index in [1.165, 1.54) is 4.31 Å². The molecular weight excluding hydrogens is 378 g/mol. The van der Waals surface area contributed by atoms with Gasteiger partial charge < -0.3 is 9.72 Å². The van der Waals surface area contributed by atoms with Gasteiger partial charge in [0.2, 0.25) is 10.0 Å². The molecule has 0 atom stereocenters. The van der Waals surface area contributed by atoms with E-state index in [0.29, 0.717) is 29.3 Å². The van der Waals surface area contributed by atoms with Crippen LogP contribution in [0.15, 0.2) is 64.3 Å². The first-order chi connectivity index (χ1) is 13.5. The molecule has 144 valence electrons. The standard InChI is InChI=1S/C20H19N3O4S/c1-27-15-7-5-6-14(12-15)19-21-18-10-11-23(13-17(18)20(24)22-19)28(25,26)16-8-3-2-4-9-16/h2-9,12H,10-11,13H2,1H3,(H,21,22,24). The van der Waals surface area contributed by atoms with Crippen LogP contribution in [0, 0.1) is 0 Å². The van der Waals surface area contributed by atoms with Crippen molar-refractivity contribution in [2.45, 2.75) is 17.9 Å². The maximum Gasteiger partial charge on any atom is 0.255 e. The van der Waals surface area contributed by atoms with E-state index in [9.17, 15) is 13.2 Å². The molecule has 0 aliphatic carbocycles. The molecule has 8 heteroatoms. The summed E-state index contributed by atoms with van der Waals surface area (Å²) in [5, 5.41) is 0. The Balaban J connectivity index is 1.68. The highest BCUT2D eigenvalue weighted by molar-refractivity contribution is 7.89. The first kappa shape index (κ1) is 18.4. The summed E-state index contributed by atoms with van der Waals surface area (Å²) in [6.45, 7) is 0.283. The molecule has 0 bridgehead atoms. The van der Waals surface area contributed by atoms with Gasteiger partial charge in [-0.3, -0.25) is 4.79 Å². The zero-order valence-electron chi connectivity index (χ0n) is 15.3. The third-order valence-corrected chi connectivity index (χ3v) is 6.62. The van der Waals surface area contributed by atoms with Crippen LogP contribution in [0.3, 0.4) is 0 Å². The van der Waals surface area contributed by atoms with Crippen molar-refractivity contribution in [1.29, 1.82) is 0 Å². The number of nitrogens with zero attached hydrogens (tertiary/aromatic N) is 2. The molecule has 1 aromatic heterocycles. The lowest BCUT2D eigenvalue weighted by Gasteiger charge is -2.27. The third kappa shape index (κ3) is 3.32. The van der Waals surface area contributed by atoms with Crippen molar-refractivity contribution in [2.75, 3.05) is 13.7 Å². The summed E-state index contributed by atoms with van der Waals surface area (Å²) in [7, 11) is -2.08. The Bertz CT molecular complexity index is 1170. The van der Waals surface area contributed by atoms with E-state index < -0.39 is 10.0 Å². The molecule has 4 rings (SSSR count). The van der Waals surface area contributed by atoms with Gasteiger partial charge in [0.15, 0.2) is 0 Å². The van der Waals surface area contributed by atoms with Gasteiger partial charge in [-0.1, -0.05) is 30.3 Å². The molecule has 0 amide bonds. The van der Waals surface area contributed by atoms with Crippen LogP contribution in [0.1, 0.15) is 11.3 Å². The minimum atomic E-state index is -3.66. The number of rotatable bonds is 4. The Labute approximate surface area is 162 Å². The van der Waals surface area contributed by atoms with E-state index in [2.05, 4.69) is 9.97 Å². The normalized spacial score (nSPS) is 14.5. The number of nitrogens with one attached hydrogen (secondary N) is 1. The number of H-pyrrole nitrogens is 1. The smallest absolute Gasteiger partial charge is 0.255 e. The minimum Gasteiger partial charge on any atom is -0.497 e. The summed E-state index contributed by atoms with van der Waals surface area (Å²) in [5.74, 6) is 1.11. The number of benzene rings is 2. The van der Waals surface area contributed by atoms with Crippen LogP contribution < -0.4 is 10.3 Å². The Morgan fingerprint density at radius 3 is 2.64 bits per heavy atom. The molecule has 1 aliphatic rings. The molecule has 0 unspecified atom stereocenters. The van der Waals surface area contributed by atoms with Crippen LogP contribution in [-0.4, -0.2) is 36.3 Å². The van der Waals surface area contributed by atoms with Gasteiger partial charge in [-0.15, -0.1) is 0 Å². The average molecular weight is 397 g/mol. The fraction of sp³-hybridized carbons (Fsp3) is 0.200. The molecule has 1 N–H and O–H groups in total. The Morgan fingerprint density at radius 2 is 1.89 bits per heavy atom. The summed E-state index contributed by atoms with van der Waals surface area (Å²) < 4.78 is 32.2. The number of methoxy groups -OCH3 is 1. The fourth-order valence-electron chi connectivity index (χ4n) is 3.25. The molecule has 7 nitrogen and oxygen atoms in total. The van der Waals surface area contributed by atoms with E-state index in [1.807, 2.05) is 18.2 Å². The second-order valence-electron chi connectivity index (χ2n) is 6.47. The highest BCUT2D eigenvalue weighted by Crippen LogP contribution is 2.25. The highest BCUT2D eigenvalue weighted by Gasteiger charge is 2.30. The van der Waals surface area contributed by atoms with Crippen LogP contribution in [0.25, 0.3) is 11.4 Å². The van der Waals surface area contributed by atoms with Crippen molar-refractivity contribution >= 4 is 10.0 Å². The molecule has 3 aromatic rings. The van der Waals surface area contributed by atoms with Gasteiger partial charge in [0.05, 0.1) is 23.3 Å². The second-order valence-corrected chi connectivity index (χ2v) is 8.41. The van der Waals surface area contributed by atoms with E-state index >= 15 is 0 Å². The van der Waals surface area contributed by atoms with E-state index in [1.54, 1.807) is 43.5 Å². The third-order valence-electron chi connectivity index (χ3n) is 4.76. The molecule has 0 saturated carbocycles. The van der Waals surface area contributed by atoms with Gasteiger partial charge in [0.25, 0.3) is 5.56 Å². The lowest BCUT2D eigenvalue weighted by Crippen LogP contribution is -2.39. The number of aromatic amines is 1. The van der Waals surface area contributed by atoms with E-state index in [4.69, 9.17) is 4.74 Å². The Morgan fingerprint density at radius 1 is 1.11 bits per heavy atom. The lowest BCUT2D eigenvalue weighted by atomic mass is 10.1. The van der Waals surface area contributed by atoms with E-state index in [-0.39, 0.29) is 23.5 Å². The van der Waals surface area contributed by atoms with Gasteiger partial charge in [-0.25, -0.2) is 13.4 Å². The fourth-order valence-corrected chi connectivity index (χ4v) is 4.68. The zero-order valence-corrected chi connectivity index (χ0v) is 16.1. The Hall–Kier alpha value is -2.97. The molecule has 2 aromatic carbocycles.